The number of aliphatic hydroxyl groups excluding tert-OH is 1. The van der Waals surface area contributed by atoms with E-state index in [1.807, 2.05) is 30.3 Å². The van der Waals surface area contributed by atoms with Crippen molar-refractivity contribution >= 4 is 11.7 Å². The molecule has 3 saturated carbocycles. The maximum atomic E-state index is 14.1. The van der Waals surface area contributed by atoms with Crippen LogP contribution in [0.2, 0.25) is 0 Å². The van der Waals surface area contributed by atoms with Crippen molar-refractivity contribution in [1.29, 1.82) is 0 Å². The second-order valence-electron chi connectivity index (χ2n) is 11.8. The summed E-state index contributed by atoms with van der Waals surface area (Å²) in [5.41, 5.74) is 0.175. The zero-order valence-corrected chi connectivity index (χ0v) is 22.3. The monoisotopic (exact) mass is 509 g/mol. The third kappa shape index (κ3) is 3.73. The van der Waals surface area contributed by atoms with Gasteiger partial charge in [0.1, 0.15) is 17.6 Å². The molecule has 1 aromatic carbocycles. The van der Waals surface area contributed by atoms with Crippen molar-refractivity contribution in [2.75, 3.05) is 20.8 Å². The number of Topliss-reactive ketones (excluding diaryl/α,β-unsaturated/α-hetero) is 1. The number of hydrogen-bond donors (Lipinski definition) is 3. The molecule has 3 fully saturated rings. The van der Waals surface area contributed by atoms with Crippen molar-refractivity contribution in [2.45, 2.75) is 63.8 Å². The highest BCUT2D eigenvalue weighted by Gasteiger charge is 2.72. The minimum Gasteiger partial charge on any atom is -0.497 e. The molecule has 7 heteroatoms. The molecule has 1 unspecified atom stereocenters. The van der Waals surface area contributed by atoms with Gasteiger partial charge in [-0.05, 0) is 80.6 Å². The van der Waals surface area contributed by atoms with Gasteiger partial charge in [-0.2, -0.15) is 0 Å². The third-order valence-corrected chi connectivity index (χ3v) is 10.2. The highest BCUT2D eigenvalue weighted by Crippen LogP contribution is 2.73. The molecule has 1 spiro atoms. The molecule has 0 heterocycles. The van der Waals surface area contributed by atoms with Crippen LogP contribution in [0.5, 0.6) is 5.75 Å². The van der Waals surface area contributed by atoms with Gasteiger partial charge in [0.05, 0.1) is 30.1 Å². The summed E-state index contributed by atoms with van der Waals surface area (Å²) in [5, 5.41) is 26.0. The lowest BCUT2D eigenvalue weighted by molar-refractivity contribution is -0.152. The molecule has 4 aliphatic rings. The molecular formula is C30H39NO6. The van der Waals surface area contributed by atoms with Crippen LogP contribution in [-0.4, -0.2) is 60.5 Å². The standard InChI is InChI=1S/C30H39NO6/c1-17-15-29-16-30(17,35)12-10-22(29)21-14-23(37-5)26(33)28(3,18(2)32)24(21)25(29)27(34)31-13-11-19-6-8-20(36-4)9-7-19/h6-9,14,22-26,33,35H,1,10-13,15-16H2,2-5H3,(H,31,34)/t22-,23+,24?,25+,26-,28-,29-,30-/m0/s1. The number of rotatable bonds is 7. The van der Waals surface area contributed by atoms with Crippen molar-refractivity contribution in [3.63, 3.8) is 0 Å². The SMILES string of the molecule is C=C1C[C@]23C[C@@]1(O)CC[C@H]2C1=C[C@@H](OC)[C@H](O)[C@@](C)(C(C)=O)C1[C@@H]3C(=O)NCCc1ccc(OC)cc1. The van der Waals surface area contributed by atoms with E-state index in [1.165, 1.54) is 14.0 Å². The number of allylic oxidation sites excluding steroid dienone is 1. The molecule has 5 rings (SSSR count). The Morgan fingerprint density at radius 3 is 2.54 bits per heavy atom. The first-order chi connectivity index (χ1) is 17.5. The zero-order chi connectivity index (χ0) is 26.8. The van der Waals surface area contributed by atoms with Crippen LogP contribution in [0, 0.1) is 28.6 Å². The van der Waals surface area contributed by atoms with Gasteiger partial charge < -0.3 is 25.0 Å². The number of ether oxygens (including phenoxy) is 2. The Morgan fingerprint density at radius 2 is 1.92 bits per heavy atom. The maximum Gasteiger partial charge on any atom is 0.224 e. The first-order valence-corrected chi connectivity index (χ1v) is 13.3. The minimum atomic E-state index is -1.18. The molecule has 1 aromatic rings. The van der Waals surface area contributed by atoms with Crippen LogP contribution in [-0.2, 0) is 20.7 Å². The lowest BCUT2D eigenvalue weighted by Crippen LogP contribution is -2.57. The number of carbonyl (C=O) groups excluding carboxylic acids is 2. The molecule has 3 N–H and O–H groups in total. The van der Waals surface area contributed by atoms with Gasteiger partial charge in [-0.3, -0.25) is 9.59 Å². The smallest absolute Gasteiger partial charge is 0.224 e. The topological polar surface area (TPSA) is 105 Å². The largest absolute Gasteiger partial charge is 0.497 e. The maximum absolute atomic E-state index is 14.1. The Bertz CT molecular complexity index is 1140. The van der Waals surface area contributed by atoms with E-state index >= 15 is 0 Å². The van der Waals surface area contributed by atoms with Crippen molar-refractivity contribution in [3.8, 4) is 5.75 Å². The summed E-state index contributed by atoms with van der Waals surface area (Å²) in [6.45, 7) is 7.94. The number of fused-ring (bicyclic) bond motifs is 3. The molecule has 1 amide bonds. The average molecular weight is 510 g/mol. The first-order valence-electron chi connectivity index (χ1n) is 13.3. The first kappa shape index (κ1) is 26.1. The minimum absolute atomic E-state index is 0.0261. The Balaban J connectivity index is 1.51. The number of carbonyl (C=O) groups is 2. The van der Waals surface area contributed by atoms with Crippen molar-refractivity contribution in [2.24, 2.45) is 28.6 Å². The number of ketones is 1. The van der Waals surface area contributed by atoms with Crippen molar-refractivity contribution in [3.05, 3.63) is 53.6 Å². The summed E-state index contributed by atoms with van der Waals surface area (Å²) in [6.07, 6.45) is 3.22. The van der Waals surface area contributed by atoms with E-state index in [2.05, 4.69) is 11.9 Å². The molecule has 0 aliphatic heterocycles. The number of methoxy groups -OCH3 is 2. The van der Waals surface area contributed by atoms with E-state index in [0.717, 1.165) is 22.5 Å². The average Bonchev–Trinajstić information content (AvgIpc) is 3.26. The van der Waals surface area contributed by atoms with Crippen LogP contribution in [0.3, 0.4) is 0 Å². The van der Waals surface area contributed by atoms with Gasteiger partial charge in [-0.15, -0.1) is 0 Å². The van der Waals surface area contributed by atoms with Gasteiger partial charge >= 0.3 is 0 Å². The summed E-state index contributed by atoms with van der Waals surface area (Å²) in [4.78, 5) is 27.4. The summed E-state index contributed by atoms with van der Waals surface area (Å²) >= 11 is 0. The molecule has 200 valence electrons. The van der Waals surface area contributed by atoms with Gasteiger partial charge in [0.2, 0.25) is 5.91 Å². The van der Waals surface area contributed by atoms with Crippen LogP contribution in [0.15, 0.2) is 48.1 Å². The molecule has 8 atom stereocenters. The fraction of sp³-hybridized carbons (Fsp3) is 0.600. The Morgan fingerprint density at radius 1 is 1.22 bits per heavy atom. The molecule has 0 saturated heterocycles. The molecule has 2 bridgehead atoms. The lowest BCUT2D eigenvalue weighted by Gasteiger charge is -2.47. The molecule has 0 radical (unpaired) electrons. The van der Waals surface area contributed by atoms with Gasteiger partial charge in [-0.25, -0.2) is 0 Å². The van der Waals surface area contributed by atoms with Gasteiger partial charge in [0.25, 0.3) is 0 Å². The Kier molecular flexibility index (Phi) is 6.41. The molecule has 7 nitrogen and oxygen atoms in total. The zero-order valence-electron chi connectivity index (χ0n) is 22.3. The summed E-state index contributed by atoms with van der Waals surface area (Å²) in [6, 6.07) is 7.76. The normalized spacial score (nSPS) is 40.0. The molecular weight excluding hydrogens is 470 g/mol. The molecule has 0 aromatic heterocycles. The number of aliphatic hydroxyl groups is 2. The highest BCUT2D eigenvalue weighted by molar-refractivity contribution is 5.88. The number of hydrogen-bond acceptors (Lipinski definition) is 6. The fourth-order valence-corrected chi connectivity index (χ4v) is 8.14. The molecule has 4 aliphatic carbocycles. The quantitative estimate of drug-likeness (QED) is 0.488. The lowest BCUT2D eigenvalue weighted by atomic mass is 9.58. The third-order valence-electron chi connectivity index (χ3n) is 10.2. The van der Waals surface area contributed by atoms with Gasteiger partial charge in [0.15, 0.2) is 0 Å². The van der Waals surface area contributed by atoms with Gasteiger partial charge in [-0.1, -0.05) is 30.4 Å². The summed E-state index contributed by atoms with van der Waals surface area (Å²) in [7, 11) is 3.17. The van der Waals surface area contributed by atoms with Crippen LogP contribution in [0.25, 0.3) is 0 Å². The van der Waals surface area contributed by atoms with Crippen molar-refractivity contribution < 1.29 is 29.3 Å². The van der Waals surface area contributed by atoms with Crippen LogP contribution >= 0.6 is 0 Å². The van der Waals surface area contributed by atoms with E-state index in [4.69, 9.17) is 9.47 Å². The van der Waals surface area contributed by atoms with Crippen molar-refractivity contribution in [1.82, 2.24) is 5.32 Å². The fourth-order valence-electron chi connectivity index (χ4n) is 8.14. The van der Waals surface area contributed by atoms with E-state index in [9.17, 15) is 19.8 Å². The predicted octanol–water partition coefficient (Wildman–Crippen LogP) is 2.99. The molecule has 37 heavy (non-hydrogen) atoms. The summed E-state index contributed by atoms with van der Waals surface area (Å²) in [5.74, 6) is -0.503. The van der Waals surface area contributed by atoms with Crippen LogP contribution < -0.4 is 10.1 Å². The van der Waals surface area contributed by atoms with E-state index in [-0.39, 0.29) is 17.6 Å². The van der Waals surface area contributed by atoms with Crippen LogP contribution in [0.4, 0.5) is 0 Å². The van der Waals surface area contributed by atoms with E-state index < -0.39 is 40.5 Å². The number of amides is 1. The highest BCUT2D eigenvalue weighted by atomic mass is 16.5. The Hall–Kier alpha value is -2.48. The van der Waals surface area contributed by atoms with Crippen LogP contribution in [0.1, 0.15) is 45.1 Å². The van der Waals surface area contributed by atoms with Gasteiger partial charge in [0, 0.05) is 19.6 Å². The summed E-state index contributed by atoms with van der Waals surface area (Å²) < 4.78 is 10.9. The number of benzene rings is 1. The second kappa shape index (κ2) is 9.07. The Labute approximate surface area is 218 Å². The van der Waals surface area contributed by atoms with E-state index in [0.29, 0.717) is 38.6 Å². The predicted molar refractivity (Wildman–Crippen MR) is 139 cm³/mol. The van der Waals surface area contributed by atoms with E-state index in [1.54, 1.807) is 14.0 Å². The second-order valence-corrected chi connectivity index (χ2v) is 11.8. The number of nitrogens with one attached hydrogen (secondary N) is 1.